The molecule has 1 aliphatic carbocycles. The number of nitrogens with one attached hydrogen (secondary N) is 1. The molecule has 0 spiro atoms. The van der Waals surface area contributed by atoms with Crippen molar-refractivity contribution in [3.8, 4) is 6.07 Å². The van der Waals surface area contributed by atoms with Gasteiger partial charge in [-0.2, -0.15) is 5.26 Å². The molecule has 1 N–H and O–H groups in total. The highest BCUT2D eigenvalue weighted by Crippen LogP contribution is 2.37. The Labute approximate surface area is 177 Å². The van der Waals surface area contributed by atoms with Gasteiger partial charge >= 0.3 is 11.9 Å². The average molecular weight is 424 g/mol. The van der Waals surface area contributed by atoms with Gasteiger partial charge in [0.2, 0.25) is 0 Å². The highest BCUT2D eigenvalue weighted by molar-refractivity contribution is 7.16. The topological polar surface area (TPSA) is 105 Å². The van der Waals surface area contributed by atoms with Gasteiger partial charge in [-0.15, -0.1) is 11.3 Å². The zero-order valence-corrected chi connectivity index (χ0v) is 17.2. The van der Waals surface area contributed by atoms with Gasteiger partial charge in [0, 0.05) is 11.0 Å². The minimum Gasteiger partial charge on any atom is -0.465 e. The molecule has 0 unspecified atom stereocenters. The number of aryl methyl sites for hydroxylation is 1. The van der Waals surface area contributed by atoms with Crippen LogP contribution in [-0.2, 0) is 31.9 Å². The van der Waals surface area contributed by atoms with Crippen molar-refractivity contribution in [2.45, 2.75) is 25.7 Å². The van der Waals surface area contributed by atoms with Gasteiger partial charge in [0.25, 0.3) is 5.91 Å². The molecule has 0 saturated carbocycles. The number of nitrogens with zero attached hydrogens (tertiary/aromatic N) is 1. The van der Waals surface area contributed by atoms with Crippen LogP contribution in [0.25, 0.3) is 6.08 Å². The minimum absolute atomic E-state index is 0.404. The van der Waals surface area contributed by atoms with E-state index >= 15 is 0 Å². The second-order valence-electron chi connectivity index (χ2n) is 6.63. The Hall–Kier alpha value is -3.44. The highest BCUT2D eigenvalue weighted by Gasteiger charge is 2.22. The Kier molecular flexibility index (Phi) is 6.99. The molecule has 1 heterocycles. The summed E-state index contributed by atoms with van der Waals surface area (Å²) < 4.78 is 9.59. The fourth-order valence-corrected chi connectivity index (χ4v) is 4.39. The Morgan fingerprint density at radius 2 is 1.93 bits per heavy atom. The molecule has 30 heavy (non-hydrogen) atoms. The monoisotopic (exact) mass is 424 g/mol. The predicted octanol–water partition coefficient (Wildman–Crippen LogP) is 3.48. The van der Waals surface area contributed by atoms with E-state index in [-0.39, 0.29) is 0 Å². The van der Waals surface area contributed by atoms with Gasteiger partial charge in [0.15, 0.2) is 6.61 Å². The normalized spacial score (nSPS) is 12.7. The molecule has 2 aromatic rings. The zero-order valence-electron chi connectivity index (χ0n) is 16.4. The Morgan fingerprint density at radius 1 is 1.20 bits per heavy atom. The predicted molar refractivity (Wildman–Crippen MR) is 112 cm³/mol. The van der Waals surface area contributed by atoms with Crippen LogP contribution in [-0.4, -0.2) is 31.6 Å². The molecule has 1 aromatic carbocycles. The fraction of sp³-hybridized carbons (Fsp3) is 0.273. The molecule has 1 amide bonds. The number of amides is 1. The maximum atomic E-state index is 12.1. The van der Waals surface area contributed by atoms with Crippen LogP contribution in [0, 0.1) is 11.3 Å². The first-order chi connectivity index (χ1) is 14.5. The minimum atomic E-state index is -0.673. The van der Waals surface area contributed by atoms with E-state index in [9.17, 15) is 19.6 Å². The summed E-state index contributed by atoms with van der Waals surface area (Å²) in [6, 6.07) is 8.65. The summed E-state index contributed by atoms with van der Waals surface area (Å²) in [5.74, 6) is -1.61. The lowest BCUT2D eigenvalue weighted by Gasteiger charge is -2.09. The molecule has 3 rings (SSSR count). The first kappa shape index (κ1) is 21.3. The van der Waals surface area contributed by atoms with E-state index in [1.54, 1.807) is 24.3 Å². The average Bonchev–Trinajstić information content (AvgIpc) is 3.12. The van der Waals surface area contributed by atoms with E-state index in [4.69, 9.17) is 4.74 Å². The first-order valence-corrected chi connectivity index (χ1v) is 10.2. The third kappa shape index (κ3) is 5.13. The van der Waals surface area contributed by atoms with Crippen molar-refractivity contribution < 1.29 is 23.9 Å². The summed E-state index contributed by atoms with van der Waals surface area (Å²) in [4.78, 5) is 36.6. The first-order valence-electron chi connectivity index (χ1n) is 9.39. The number of anilines is 1. The Balaban J connectivity index is 1.52. The number of ether oxygens (including phenoxy) is 2. The highest BCUT2D eigenvalue weighted by atomic mass is 32.1. The molecule has 7 nitrogen and oxygen atoms in total. The van der Waals surface area contributed by atoms with Crippen LogP contribution in [0.2, 0.25) is 0 Å². The molecule has 8 heteroatoms. The second-order valence-corrected chi connectivity index (χ2v) is 7.73. The van der Waals surface area contributed by atoms with E-state index in [0.29, 0.717) is 21.7 Å². The summed E-state index contributed by atoms with van der Waals surface area (Å²) in [5.41, 5.74) is 2.64. The maximum absolute atomic E-state index is 12.1. The molecule has 0 bridgehead atoms. The molecule has 1 aromatic heterocycles. The molecular formula is C22H20N2O5S. The van der Waals surface area contributed by atoms with Crippen LogP contribution in [0.4, 0.5) is 5.00 Å². The molecule has 154 valence electrons. The lowest BCUT2D eigenvalue weighted by Crippen LogP contribution is -2.20. The van der Waals surface area contributed by atoms with Crippen LogP contribution >= 0.6 is 11.3 Å². The number of hydrogen-bond donors (Lipinski definition) is 1. The second kappa shape index (κ2) is 9.85. The number of nitriles is 1. The van der Waals surface area contributed by atoms with Crippen LogP contribution in [0.3, 0.4) is 0 Å². The smallest absolute Gasteiger partial charge is 0.337 e. The molecule has 1 aliphatic rings. The van der Waals surface area contributed by atoms with E-state index in [2.05, 4.69) is 16.1 Å². The summed E-state index contributed by atoms with van der Waals surface area (Å²) >= 11 is 1.42. The molecular weight excluding hydrogens is 404 g/mol. The number of thiophene rings is 1. The molecule has 0 fully saturated rings. The molecule has 0 aliphatic heterocycles. The zero-order chi connectivity index (χ0) is 21.5. The van der Waals surface area contributed by atoms with Gasteiger partial charge in [-0.25, -0.2) is 9.59 Å². The van der Waals surface area contributed by atoms with Crippen LogP contribution < -0.4 is 5.32 Å². The number of benzene rings is 1. The molecule has 0 saturated heterocycles. The van der Waals surface area contributed by atoms with Gasteiger partial charge in [-0.3, -0.25) is 4.79 Å². The van der Waals surface area contributed by atoms with Crippen LogP contribution in [0.1, 0.15) is 44.8 Å². The van der Waals surface area contributed by atoms with Crippen LogP contribution in [0.5, 0.6) is 0 Å². The van der Waals surface area contributed by atoms with Crippen LogP contribution in [0.15, 0.2) is 30.3 Å². The van der Waals surface area contributed by atoms with Gasteiger partial charge in [-0.1, -0.05) is 12.1 Å². The van der Waals surface area contributed by atoms with Gasteiger partial charge in [0.05, 0.1) is 18.2 Å². The Morgan fingerprint density at radius 3 is 2.63 bits per heavy atom. The number of esters is 2. The van der Waals surface area contributed by atoms with Crippen molar-refractivity contribution in [1.82, 2.24) is 0 Å². The van der Waals surface area contributed by atoms with Crippen molar-refractivity contribution in [1.29, 1.82) is 5.26 Å². The number of rotatable bonds is 6. The lowest BCUT2D eigenvalue weighted by atomic mass is 9.96. The van der Waals surface area contributed by atoms with E-state index in [1.165, 1.54) is 30.6 Å². The fourth-order valence-electron chi connectivity index (χ4n) is 3.13. The van der Waals surface area contributed by atoms with E-state index < -0.39 is 24.5 Å². The number of hydrogen-bond acceptors (Lipinski definition) is 7. The van der Waals surface area contributed by atoms with E-state index in [0.717, 1.165) is 36.1 Å². The van der Waals surface area contributed by atoms with Gasteiger partial charge in [0.1, 0.15) is 11.1 Å². The van der Waals surface area contributed by atoms with Crippen molar-refractivity contribution in [2.75, 3.05) is 19.0 Å². The van der Waals surface area contributed by atoms with Crippen molar-refractivity contribution in [3.05, 3.63) is 57.5 Å². The Bertz CT molecular complexity index is 1030. The number of carbonyl (C=O) groups excluding carboxylic acids is 3. The SMILES string of the molecule is COC(=O)c1ccc(/C=C/C(=O)OCC(=O)Nc2sc3c(c2C#N)CCCC3)cc1. The quantitative estimate of drug-likeness (QED) is 0.562. The van der Waals surface area contributed by atoms with Crippen molar-refractivity contribution in [3.63, 3.8) is 0 Å². The number of carbonyl (C=O) groups is 3. The van der Waals surface area contributed by atoms with Gasteiger partial charge < -0.3 is 14.8 Å². The maximum Gasteiger partial charge on any atom is 0.337 e. The summed E-state index contributed by atoms with van der Waals surface area (Å²) in [7, 11) is 1.30. The van der Waals surface area contributed by atoms with E-state index in [1.807, 2.05) is 0 Å². The third-order valence-electron chi connectivity index (χ3n) is 4.63. The number of fused-ring (bicyclic) bond motifs is 1. The largest absolute Gasteiger partial charge is 0.465 e. The standard InChI is InChI=1S/C22H20N2O5S/c1-28-22(27)15-9-6-14(7-10-15)8-11-20(26)29-13-19(25)24-21-17(12-23)16-4-2-3-5-18(16)30-21/h6-11H,2-5,13H2,1H3,(H,24,25)/b11-8+. The van der Waals surface area contributed by atoms with Crippen molar-refractivity contribution in [2.24, 2.45) is 0 Å². The lowest BCUT2D eigenvalue weighted by molar-refractivity contribution is -0.142. The molecule has 0 atom stereocenters. The third-order valence-corrected chi connectivity index (χ3v) is 5.83. The summed E-state index contributed by atoms with van der Waals surface area (Å²) in [5, 5.41) is 12.6. The summed E-state index contributed by atoms with van der Waals surface area (Å²) in [6.45, 7) is -0.447. The van der Waals surface area contributed by atoms with Gasteiger partial charge in [-0.05, 0) is 55.0 Å². The number of methoxy groups -OCH3 is 1. The summed E-state index contributed by atoms with van der Waals surface area (Å²) in [6.07, 6.45) is 6.62. The van der Waals surface area contributed by atoms with Crippen molar-refractivity contribution >= 4 is 40.3 Å². The molecule has 0 radical (unpaired) electrons.